The highest BCUT2D eigenvalue weighted by molar-refractivity contribution is 5.58. The van der Waals surface area contributed by atoms with Crippen LogP contribution >= 0.6 is 0 Å². The van der Waals surface area contributed by atoms with Crippen LogP contribution < -0.4 is 10.2 Å². The molecule has 4 heteroatoms. The van der Waals surface area contributed by atoms with Gasteiger partial charge in [-0.05, 0) is 25.5 Å². The average molecular weight is 216 g/mol. The minimum absolute atomic E-state index is 0.478. The van der Waals surface area contributed by atoms with Gasteiger partial charge in [-0.1, -0.05) is 0 Å². The zero-order valence-corrected chi connectivity index (χ0v) is 9.70. The Morgan fingerprint density at radius 1 is 1.62 bits per heavy atom. The quantitative estimate of drug-likeness (QED) is 0.821. The number of pyridine rings is 1. The van der Waals surface area contributed by atoms with Crippen molar-refractivity contribution in [2.75, 3.05) is 24.5 Å². The van der Waals surface area contributed by atoms with Gasteiger partial charge in [-0.15, -0.1) is 0 Å². The smallest absolute Gasteiger partial charge is 0.147 e. The van der Waals surface area contributed by atoms with Gasteiger partial charge in [-0.3, -0.25) is 0 Å². The van der Waals surface area contributed by atoms with Crippen molar-refractivity contribution in [1.29, 1.82) is 5.26 Å². The van der Waals surface area contributed by atoms with Gasteiger partial charge in [-0.2, -0.15) is 5.26 Å². The first kappa shape index (κ1) is 10.9. The number of likely N-dealkylation sites (N-methyl/N-ethyl adjacent to an activating group) is 1. The summed E-state index contributed by atoms with van der Waals surface area (Å²) in [6, 6.07) is 4.62. The van der Waals surface area contributed by atoms with Crippen LogP contribution in [0.25, 0.3) is 0 Å². The van der Waals surface area contributed by atoms with Gasteiger partial charge < -0.3 is 10.2 Å². The first-order chi connectivity index (χ1) is 7.77. The van der Waals surface area contributed by atoms with Crippen LogP contribution in [-0.4, -0.2) is 30.7 Å². The maximum atomic E-state index is 9.18. The highest BCUT2D eigenvalue weighted by Gasteiger charge is 2.26. The predicted molar refractivity (Wildman–Crippen MR) is 63.4 cm³/mol. The Hall–Kier alpha value is -1.60. The van der Waals surface area contributed by atoms with Gasteiger partial charge in [0.1, 0.15) is 11.9 Å². The van der Waals surface area contributed by atoms with Crippen molar-refractivity contribution in [2.45, 2.75) is 19.9 Å². The van der Waals surface area contributed by atoms with Crippen LogP contribution in [0, 0.1) is 18.3 Å². The molecule has 1 aliphatic heterocycles. The Labute approximate surface area is 95.9 Å². The van der Waals surface area contributed by atoms with Crippen molar-refractivity contribution in [1.82, 2.24) is 10.3 Å². The lowest BCUT2D eigenvalue weighted by atomic mass is 10.1. The molecule has 0 aliphatic carbocycles. The number of hydrogen-bond donors (Lipinski definition) is 1. The number of aromatic nitrogens is 1. The molecule has 1 aliphatic rings. The van der Waals surface area contributed by atoms with E-state index in [1.165, 1.54) is 0 Å². The Balaban J connectivity index is 2.37. The van der Waals surface area contributed by atoms with E-state index in [0.717, 1.165) is 31.0 Å². The zero-order chi connectivity index (χ0) is 11.5. The summed E-state index contributed by atoms with van der Waals surface area (Å²) in [5.41, 5.74) is 1.70. The van der Waals surface area contributed by atoms with Crippen LogP contribution in [0.1, 0.15) is 18.1 Å². The Morgan fingerprint density at radius 2 is 2.38 bits per heavy atom. The van der Waals surface area contributed by atoms with Crippen LogP contribution in [0.3, 0.4) is 0 Å². The van der Waals surface area contributed by atoms with Crippen LogP contribution in [0.15, 0.2) is 12.3 Å². The van der Waals surface area contributed by atoms with E-state index in [2.05, 4.69) is 28.2 Å². The lowest BCUT2D eigenvalue weighted by Gasteiger charge is -2.38. The van der Waals surface area contributed by atoms with Crippen LogP contribution in [0.2, 0.25) is 0 Å². The molecule has 16 heavy (non-hydrogen) atoms. The number of hydrogen-bond acceptors (Lipinski definition) is 4. The number of nitrogens with zero attached hydrogens (tertiary/aromatic N) is 3. The summed E-state index contributed by atoms with van der Waals surface area (Å²) < 4.78 is 0. The molecule has 4 nitrogen and oxygen atoms in total. The maximum absolute atomic E-state index is 9.18. The van der Waals surface area contributed by atoms with Crippen molar-refractivity contribution >= 4 is 5.82 Å². The van der Waals surface area contributed by atoms with E-state index in [4.69, 9.17) is 0 Å². The topological polar surface area (TPSA) is 52.0 Å². The molecule has 0 radical (unpaired) electrons. The third-order valence-electron chi connectivity index (χ3n) is 3.06. The van der Waals surface area contributed by atoms with E-state index in [-0.39, 0.29) is 0 Å². The van der Waals surface area contributed by atoms with Gasteiger partial charge in [0.15, 0.2) is 0 Å². The Kier molecular flexibility index (Phi) is 3.07. The lowest BCUT2D eigenvalue weighted by Crippen LogP contribution is -2.57. The number of rotatable bonds is 3. The molecule has 0 amide bonds. The molecule has 1 N–H and O–H groups in total. The van der Waals surface area contributed by atoms with Gasteiger partial charge in [0.25, 0.3) is 0 Å². The van der Waals surface area contributed by atoms with Crippen molar-refractivity contribution in [2.24, 2.45) is 0 Å². The summed E-state index contributed by atoms with van der Waals surface area (Å²) in [6.45, 7) is 6.90. The van der Waals surface area contributed by atoms with Crippen molar-refractivity contribution in [3.8, 4) is 6.07 Å². The molecule has 0 atom stereocenters. The van der Waals surface area contributed by atoms with E-state index in [1.807, 2.05) is 13.0 Å². The van der Waals surface area contributed by atoms with E-state index in [1.54, 1.807) is 6.20 Å². The molecule has 1 aromatic heterocycles. The summed E-state index contributed by atoms with van der Waals surface area (Å²) in [5.74, 6) is 0.830. The molecule has 1 saturated heterocycles. The highest BCUT2D eigenvalue weighted by atomic mass is 15.3. The van der Waals surface area contributed by atoms with E-state index < -0.39 is 0 Å². The molecule has 0 unspecified atom stereocenters. The largest absolute Gasteiger partial charge is 0.350 e. The van der Waals surface area contributed by atoms with Crippen molar-refractivity contribution in [3.05, 3.63) is 23.4 Å². The molecule has 0 saturated carbocycles. The van der Waals surface area contributed by atoms with Gasteiger partial charge in [0, 0.05) is 25.8 Å². The number of aryl methyl sites for hydroxylation is 1. The minimum atomic E-state index is 0.478. The first-order valence-electron chi connectivity index (χ1n) is 5.61. The van der Waals surface area contributed by atoms with Gasteiger partial charge in [0.05, 0.1) is 11.6 Å². The highest BCUT2D eigenvalue weighted by Crippen LogP contribution is 2.22. The second-order valence-corrected chi connectivity index (χ2v) is 4.04. The van der Waals surface area contributed by atoms with Crippen LogP contribution in [-0.2, 0) is 0 Å². The molecular weight excluding hydrogens is 200 g/mol. The number of nitriles is 1. The fraction of sp³-hybridized carbons (Fsp3) is 0.500. The molecule has 0 spiro atoms. The van der Waals surface area contributed by atoms with Gasteiger partial charge in [-0.25, -0.2) is 4.98 Å². The summed E-state index contributed by atoms with van der Waals surface area (Å²) in [7, 11) is 0. The fourth-order valence-corrected chi connectivity index (χ4v) is 1.97. The Bertz CT molecular complexity index is 418. The first-order valence-corrected chi connectivity index (χ1v) is 5.61. The number of anilines is 1. The molecule has 84 valence electrons. The van der Waals surface area contributed by atoms with E-state index in [9.17, 15) is 5.26 Å². The third-order valence-corrected chi connectivity index (χ3v) is 3.06. The molecule has 1 fully saturated rings. The maximum Gasteiger partial charge on any atom is 0.147 e. The molecular formula is C12H16N4. The molecule has 2 rings (SSSR count). The average Bonchev–Trinajstić information content (AvgIpc) is 2.22. The molecule has 0 bridgehead atoms. The zero-order valence-electron chi connectivity index (χ0n) is 9.70. The van der Waals surface area contributed by atoms with E-state index >= 15 is 0 Å². The predicted octanol–water partition coefficient (Wildman–Crippen LogP) is 1.06. The van der Waals surface area contributed by atoms with E-state index in [0.29, 0.717) is 11.6 Å². The second-order valence-electron chi connectivity index (χ2n) is 4.04. The standard InChI is InChI=1S/C12H16N4/c1-3-16(10-7-14-8-10)12-11(6-13)9(2)4-5-15-12/h4-5,10,14H,3,7-8H2,1-2H3. The minimum Gasteiger partial charge on any atom is -0.350 e. The monoisotopic (exact) mass is 216 g/mol. The van der Waals surface area contributed by atoms with Crippen LogP contribution in [0.4, 0.5) is 5.82 Å². The summed E-state index contributed by atoms with van der Waals surface area (Å²) in [4.78, 5) is 6.57. The molecule has 1 aromatic rings. The summed E-state index contributed by atoms with van der Waals surface area (Å²) in [6.07, 6.45) is 1.78. The van der Waals surface area contributed by atoms with Gasteiger partial charge in [0.2, 0.25) is 0 Å². The van der Waals surface area contributed by atoms with Crippen molar-refractivity contribution in [3.63, 3.8) is 0 Å². The summed E-state index contributed by atoms with van der Waals surface area (Å²) >= 11 is 0. The fourth-order valence-electron chi connectivity index (χ4n) is 1.97. The van der Waals surface area contributed by atoms with Crippen LogP contribution in [0.5, 0.6) is 0 Å². The Morgan fingerprint density at radius 3 is 2.88 bits per heavy atom. The normalized spacial score (nSPS) is 15.3. The lowest BCUT2D eigenvalue weighted by molar-refractivity contribution is 0.415. The number of nitrogens with one attached hydrogen (secondary N) is 1. The summed E-state index contributed by atoms with van der Waals surface area (Å²) in [5, 5.41) is 12.4. The second kappa shape index (κ2) is 4.50. The molecule has 2 heterocycles. The molecule has 0 aromatic carbocycles. The SMILES string of the molecule is CCN(c1nccc(C)c1C#N)C1CNC1. The van der Waals surface area contributed by atoms with Crippen molar-refractivity contribution < 1.29 is 0 Å². The van der Waals surface area contributed by atoms with Gasteiger partial charge >= 0.3 is 0 Å². The third kappa shape index (κ3) is 1.74.